The molecule has 2 aliphatic rings. The summed E-state index contributed by atoms with van der Waals surface area (Å²) in [5.74, 6) is 7.05. The Kier molecular flexibility index (Phi) is 17.2. The molecule has 4 heterocycles. The topological polar surface area (TPSA) is 82.1 Å². The van der Waals surface area contributed by atoms with Crippen molar-refractivity contribution in [2.45, 2.75) is 77.7 Å². The van der Waals surface area contributed by atoms with E-state index in [2.05, 4.69) is 78.2 Å². The van der Waals surface area contributed by atoms with Gasteiger partial charge in [0.1, 0.15) is 59.2 Å². The average Bonchev–Trinajstić information content (AvgIpc) is 4.13. The van der Waals surface area contributed by atoms with Gasteiger partial charge in [-0.2, -0.15) is 0 Å². The van der Waals surface area contributed by atoms with Gasteiger partial charge < -0.3 is 33.5 Å². The highest BCUT2D eigenvalue weighted by Crippen LogP contribution is 2.46. The van der Waals surface area contributed by atoms with E-state index in [1.54, 1.807) is 25.6 Å². The van der Waals surface area contributed by atoms with Crippen molar-refractivity contribution in [2.24, 2.45) is 0 Å². The molecular formula is C62H70N2O7S2. The van der Waals surface area contributed by atoms with Crippen LogP contribution in [0.1, 0.15) is 81.9 Å². The van der Waals surface area contributed by atoms with Gasteiger partial charge in [0.05, 0.1) is 19.8 Å². The molecule has 9 nitrogen and oxygen atoms in total. The van der Waals surface area contributed by atoms with Crippen LogP contribution in [0.5, 0.6) is 46.0 Å². The Morgan fingerprint density at radius 3 is 1.33 bits per heavy atom. The number of nitrogens with zero attached hydrogens (tertiary/aromatic N) is 2. The lowest BCUT2D eigenvalue weighted by Crippen LogP contribution is -2.33. The number of methoxy groups -OCH3 is 2. The molecule has 73 heavy (non-hydrogen) atoms. The fourth-order valence-electron chi connectivity index (χ4n) is 9.43. The van der Waals surface area contributed by atoms with E-state index in [1.165, 1.54) is 74.5 Å². The van der Waals surface area contributed by atoms with E-state index in [0.717, 1.165) is 102 Å². The minimum atomic E-state index is -0.891. The van der Waals surface area contributed by atoms with E-state index in [0.29, 0.717) is 19.1 Å². The summed E-state index contributed by atoms with van der Waals surface area (Å²) in [4.78, 5) is 9.51. The van der Waals surface area contributed by atoms with Crippen LogP contribution in [0.4, 0.5) is 0 Å². The summed E-state index contributed by atoms with van der Waals surface area (Å²) >= 11 is 3.41. The molecule has 2 aromatic heterocycles. The van der Waals surface area contributed by atoms with Gasteiger partial charge in [-0.05, 0) is 204 Å². The third-order valence-corrected chi connectivity index (χ3v) is 16.5. The molecule has 10 rings (SSSR count). The molecule has 0 amide bonds. The SMILES string of the molecule is COc1ccc2c(Oc3ccc(OCCN4CCCCC4)cc3)c(-c3ccc(C(C)(C)O)s3)ccc2c1.COc1ccc2c(Oc3ccc(OCCN4CCCCC4)cc3)c(-c3ccc(C(C)C)s3)ccc2c1. The lowest BCUT2D eigenvalue weighted by Gasteiger charge is -2.26. The first-order valence-corrected chi connectivity index (χ1v) is 27.6. The van der Waals surface area contributed by atoms with Gasteiger partial charge in [-0.15, -0.1) is 22.7 Å². The summed E-state index contributed by atoms with van der Waals surface area (Å²) in [6.45, 7) is 16.2. The van der Waals surface area contributed by atoms with Gasteiger partial charge in [0.2, 0.25) is 0 Å². The second kappa shape index (κ2) is 24.3. The molecule has 0 spiro atoms. The van der Waals surface area contributed by atoms with Crippen molar-refractivity contribution in [3.8, 4) is 66.9 Å². The molecule has 2 saturated heterocycles. The Morgan fingerprint density at radius 2 is 0.918 bits per heavy atom. The highest BCUT2D eigenvalue weighted by atomic mass is 32.1. The van der Waals surface area contributed by atoms with Crippen molar-refractivity contribution in [1.29, 1.82) is 0 Å². The number of likely N-dealkylation sites (tertiary alicyclic amines) is 2. The highest BCUT2D eigenvalue weighted by Gasteiger charge is 2.22. The van der Waals surface area contributed by atoms with Crippen LogP contribution in [0.25, 0.3) is 42.4 Å². The molecule has 0 saturated carbocycles. The molecule has 382 valence electrons. The molecule has 8 aromatic rings. The Balaban J connectivity index is 0.000000180. The van der Waals surface area contributed by atoms with Gasteiger partial charge in [-0.1, -0.05) is 38.8 Å². The van der Waals surface area contributed by atoms with Crippen LogP contribution in [-0.4, -0.2) is 81.6 Å². The summed E-state index contributed by atoms with van der Waals surface area (Å²) in [5, 5.41) is 14.7. The number of hydrogen-bond donors (Lipinski definition) is 1. The second-order valence-electron chi connectivity index (χ2n) is 19.8. The fraction of sp³-hybridized carbons (Fsp3) is 0.355. The molecule has 2 fully saturated rings. The standard InChI is InChI=1S/C31H35NO4S.C31H35NO3S/c1-31(2,33)29-16-15-28(37-29)27-13-7-22-21-25(34-3)12-14-26(22)30(27)36-24-10-8-23(9-11-24)35-20-19-32-17-5-4-6-18-32;1-22(2)29-15-16-30(36-29)28-13-7-23-21-26(33-3)12-14-27(23)31(28)35-25-10-8-24(9-11-25)34-20-19-32-17-5-4-6-18-32/h7-16,21,33H,4-6,17-20H2,1-3H3;7-16,21-22H,4-6,17-20H2,1-3H3. The number of ether oxygens (including phenoxy) is 6. The van der Waals surface area contributed by atoms with E-state index in [1.807, 2.05) is 104 Å². The lowest BCUT2D eigenvalue weighted by molar-refractivity contribution is 0.0825. The van der Waals surface area contributed by atoms with Crippen LogP contribution in [0.15, 0.2) is 133 Å². The first-order valence-electron chi connectivity index (χ1n) is 25.9. The van der Waals surface area contributed by atoms with Crippen LogP contribution < -0.4 is 28.4 Å². The summed E-state index contributed by atoms with van der Waals surface area (Å²) in [6, 6.07) is 44.9. The summed E-state index contributed by atoms with van der Waals surface area (Å²) < 4.78 is 36.0. The minimum absolute atomic E-state index is 0.500. The number of thiophene rings is 2. The van der Waals surface area contributed by atoms with Crippen molar-refractivity contribution in [3.63, 3.8) is 0 Å². The van der Waals surface area contributed by atoms with Gasteiger partial charge in [0.25, 0.3) is 0 Å². The fourth-order valence-corrected chi connectivity index (χ4v) is 11.5. The van der Waals surface area contributed by atoms with E-state index >= 15 is 0 Å². The molecule has 11 heteroatoms. The monoisotopic (exact) mass is 1020 g/mol. The van der Waals surface area contributed by atoms with Crippen LogP contribution in [-0.2, 0) is 5.60 Å². The Labute approximate surface area is 439 Å². The predicted octanol–water partition coefficient (Wildman–Crippen LogP) is 15.8. The average molecular weight is 1020 g/mol. The van der Waals surface area contributed by atoms with Gasteiger partial charge in [0.15, 0.2) is 0 Å². The smallest absolute Gasteiger partial charge is 0.143 e. The molecule has 1 N–H and O–H groups in total. The van der Waals surface area contributed by atoms with Crippen LogP contribution in [0, 0.1) is 0 Å². The van der Waals surface area contributed by atoms with E-state index < -0.39 is 5.60 Å². The maximum Gasteiger partial charge on any atom is 0.143 e. The quantitative estimate of drug-likeness (QED) is 0.0904. The van der Waals surface area contributed by atoms with Crippen LogP contribution in [0.3, 0.4) is 0 Å². The highest BCUT2D eigenvalue weighted by molar-refractivity contribution is 7.16. The van der Waals surface area contributed by atoms with Gasteiger partial charge in [0, 0.05) is 54.5 Å². The van der Waals surface area contributed by atoms with Crippen LogP contribution >= 0.6 is 22.7 Å². The normalized spacial score (nSPS) is 14.5. The Bertz CT molecular complexity index is 3040. The largest absolute Gasteiger partial charge is 0.497 e. The van der Waals surface area contributed by atoms with E-state index in [4.69, 9.17) is 28.4 Å². The molecule has 0 unspecified atom stereocenters. The summed E-state index contributed by atoms with van der Waals surface area (Å²) in [5.41, 5.74) is 1.20. The Morgan fingerprint density at radius 1 is 0.493 bits per heavy atom. The summed E-state index contributed by atoms with van der Waals surface area (Å²) in [6.07, 6.45) is 7.89. The van der Waals surface area contributed by atoms with Gasteiger partial charge >= 0.3 is 0 Å². The Hall–Kier alpha value is -6.08. The first kappa shape index (κ1) is 51.8. The molecule has 0 atom stereocenters. The van der Waals surface area contributed by atoms with Crippen molar-refractivity contribution >= 4 is 44.2 Å². The van der Waals surface area contributed by atoms with Crippen molar-refractivity contribution in [1.82, 2.24) is 9.80 Å². The van der Waals surface area contributed by atoms with Crippen molar-refractivity contribution < 1.29 is 33.5 Å². The minimum Gasteiger partial charge on any atom is -0.497 e. The third kappa shape index (κ3) is 13.4. The van der Waals surface area contributed by atoms with Gasteiger partial charge in [-0.25, -0.2) is 0 Å². The van der Waals surface area contributed by atoms with Crippen molar-refractivity contribution in [3.05, 3.63) is 143 Å². The maximum atomic E-state index is 10.5. The maximum absolute atomic E-state index is 10.5. The third-order valence-electron chi connectivity index (χ3n) is 13.6. The molecule has 0 aliphatic carbocycles. The molecule has 0 bridgehead atoms. The number of aliphatic hydroxyl groups is 1. The number of rotatable bonds is 18. The zero-order valence-corrected chi connectivity index (χ0v) is 44.9. The molecule has 0 radical (unpaired) electrons. The molecule has 2 aliphatic heterocycles. The lowest BCUT2D eigenvalue weighted by atomic mass is 10.0. The molecule has 6 aromatic carbocycles. The zero-order chi connectivity index (χ0) is 50.7. The predicted molar refractivity (Wildman–Crippen MR) is 302 cm³/mol. The number of hydrogen-bond acceptors (Lipinski definition) is 11. The number of fused-ring (bicyclic) bond motifs is 2. The van der Waals surface area contributed by atoms with Gasteiger partial charge in [-0.3, -0.25) is 9.80 Å². The van der Waals surface area contributed by atoms with Crippen molar-refractivity contribution in [2.75, 3.05) is 66.7 Å². The first-order chi connectivity index (χ1) is 35.5. The van der Waals surface area contributed by atoms with E-state index in [-0.39, 0.29) is 0 Å². The zero-order valence-electron chi connectivity index (χ0n) is 43.3. The van der Waals surface area contributed by atoms with Crippen LogP contribution in [0.2, 0.25) is 0 Å². The summed E-state index contributed by atoms with van der Waals surface area (Å²) in [7, 11) is 3.37. The number of piperidine rings is 2. The molecular weight excluding hydrogens is 949 g/mol. The number of benzene rings is 6. The van der Waals surface area contributed by atoms with E-state index in [9.17, 15) is 5.11 Å². The second-order valence-corrected chi connectivity index (χ2v) is 22.0.